The number of nitrogens with one attached hydrogen (secondary N) is 1. The Labute approximate surface area is 174 Å². The van der Waals surface area contributed by atoms with Gasteiger partial charge in [0.05, 0.1) is 13.2 Å². The van der Waals surface area contributed by atoms with E-state index in [0.29, 0.717) is 12.5 Å². The van der Waals surface area contributed by atoms with Crippen LogP contribution in [0.5, 0.6) is 5.75 Å². The van der Waals surface area contributed by atoms with Crippen molar-refractivity contribution in [3.8, 4) is 5.75 Å². The first-order chi connectivity index (χ1) is 14.0. The van der Waals surface area contributed by atoms with Crippen LogP contribution in [0.3, 0.4) is 0 Å². The largest absolute Gasteiger partial charge is 0.483 e. The van der Waals surface area contributed by atoms with E-state index < -0.39 is 0 Å². The van der Waals surface area contributed by atoms with Crippen molar-refractivity contribution in [3.05, 3.63) is 64.7 Å². The molecule has 2 aromatic carbocycles. The molecule has 156 valence electrons. The topological polar surface area (TPSA) is 50.8 Å². The van der Waals surface area contributed by atoms with Gasteiger partial charge in [-0.1, -0.05) is 50.2 Å². The molecule has 1 N–H and O–H groups in total. The van der Waals surface area contributed by atoms with Crippen LogP contribution in [0.4, 0.5) is 0 Å². The third kappa shape index (κ3) is 6.58. The van der Waals surface area contributed by atoms with Gasteiger partial charge < -0.3 is 14.8 Å². The predicted octanol–water partition coefficient (Wildman–Crippen LogP) is 3.65. The summed E-state index contributed by atoms with van der Waals surface area (Å²) in [5, 5.41) is 2.97. The molecule has 1 aliphatic heterocycles. The number of nitrogens with zero attached hydrogens (tertiary/aromatic N) is 1. The second-order valence-electron chi connectivity index (χ2n) is 7.97. The zero-order valence-electron chi connectivity index (χ0n) is 17.7. The summed E-state index contributed by atoms with van der Waals surface area (Å²) in [5.74, 6) is 1.03. The highest BCUT2D eigenvalue weighted by atomic mass is 16.5. The lowest BCUT2D eigenvalue weighted by molar-refractivity contribution is -0.123. The number of morpholine rings is 1. The Morgan fingerprint density at radius 1 is 1.14 bits per heavy atom. The molecule has 0 atom stereocenters. The van der Waals surface area contributed by atoms with E-state index in [1.165, 1.54) is 5.56 Å². The molecule has 0 spiro atoms. The van der Waals surface area contributed by atoms with Gasteiger partial charge in [0.2, 0.25) is 0 Å². The second-order valence-corrected chi connectivity index (χ2v) is 7.97. The number of rotatable bonds is 8. The highest BCUT2D eigenvalue weighted by molar-refractivity contribution is 5.77. The minimum absolute atomic E-state index is 0.0244. The fourth-order valence-electron chi connectivity index (χ4n) is 3.49. The maximum absolute atomic E-state index is 12.3. The number of hydrogen-bond acceptors (Lipinski definition) is 4. The number of ether oxygens (including phenoxy) is 2. The summed E-state index contributed by atoms with van der Waals surface area (Å²) >= 11 is 0. The van der Waals surface area contributed by atoms with Crippen LogP contribution in [-0.4, -0.2) is 43.7 Å². The van der Waals surface area contributed by atoms with E-state index in [-0.39, 0.29) is 12.5 Å². The van der Waals surface area contributed by atoms with Crippen LogP contribution in [0, 0.1) is 6.92 Å². The molecule has 2 aromatic rings. The Hall–Kier alpha value is -2.37. The number of benzene rings is 2. The average molecular weight is 397 g/mol. The highest BCUT2D eigenvalue weighted by Gasteiger charge is 2.12. The first kappa shape index (κ1) is 21.3. The quantitative estimate of drug-likeness (QED) is 0.740. The number of carbonyl (C=O) groups excluding carboxylic acids is 1. The predicted molar refractivity (Wildman–Crippen MR) is 115 cm³/mol. The maximum Gasteiger partial charge on any atom is 0.258 e. The third-order valence-corrected chi connectivity index (χ3v) is 5.14. The van der Waals surface area contributed by atoms with E-state index in [2.05, 4.69) is 54.4 Å². The van der Waals surface area contributed by atoms with Crippen LogP contribution in [-0.2, 0) is 22.6 Å². The summed E-state index contributed by atoms with van der Waals surface area (Å²) in [4.78, 5) is 14.7. The van der Waals surface area contributed by atoms with Crippen molar-refractivity contribution >= 4 is 5.91 Å². The number of carbonyl (C=O) groups is 1. The zero-order valence-corrected chi connectivity index (χ0v) is 17.7. The summed E-state index contributed by atoms with van der Waals surface area (Å²) in [6.07, 6.45) is 0. The Bertz CT molecular complexity index is 814. The molecule has 0 aliphatic carbocycles. The van der Waals surface area contributed by atoms with Gasteiger partial charge in [0, 0.05) is 26.2 Å². The van der Waals surface area contributed by atoms with Crippen molar-refractivity contribution in [2.45, 2.75) is 39.8 Å². The maximum atomic E-state index is 12.3. The smallest absolute Gasteiger partial charge is 0.258 e. The molecule has 5 nitrogen and oxygen atoms in total. The van der Waals surface area contributed by atoms with E-state index in [1.807, 2.05) is 19.1 Å². The lowest BCUT2D eigenvalue weighted by Gasteiger charge is -2.26. The first-order valence-electron chi connectivity index (χ1n) is 10.4. The number of aryl methyl sites for hydroxylation is 1. The van der Waals surface area contributed by atoms with Crippen LogP contribution < -0.4 is 10.1 Å². The number of hydrogen-bond donors (Lipinski definition) is 1. The highest BCUT2D eigenvalue weighted by Crippen LogP contribution is 2.27. The van der Waals surface area contributed by atoms with Crippen molar-refractivity contribution in [1.29, 1.82) is 0 Å². The molecule has 29 heavy (non-hydrogen) atoms. The van der Waals surface area contributed by atoms with Crippen molar-refractivity contribution in [1.82, 2.24) is 10.2 Å². The van der Waals surface area contributed by atoms with E-state index >= 15 is 0 Å². The van der Waals surface area contributed by atoms with Crippen LogP contribution in [0.25, 0.3) is 0 Å². The van der Waals surface area contributed by atoms with Gasteiger partial charge in [-0.2, -0.15) is 0 Å². The van der Waals surface area contributed by atoms with Crippen molar-refractivity contribution in [3.63, 3.8) is 0 Å². The SMILES string of the molecule is Cc1ccc(C(C)C)c(OCC(=O)NCc2cccc(CN3CCOCC3)c2)c1. The van der Waals surface area contributed by atoms with Crippen molar-refractivity contribution in [2.75, 3.05) is 32.9 Å². The first-order valence-corrected chi connectivity index (χ1v) is 10.4. The van der Waals surface area contributed by atoms with Crippen LogP contribution in [0.1, 0.15) is 42.0 Å². The fraction of sp³-hybridized carbons (Fsp3) is 0.458. The average Bonchev–Trinajstić information content (AvgIpc) is 2.71. The molecule has 5 heteroatoms. The van der Waals surface area contributed by atoms with Gasteiger partial charge in [0.1, 0.15) is 5.75 Å². The second kappa shape index (κ2) is 10.4. The van der Waals surface area contributed by atoms with Crippen molar-refractivity contribution in [2.24, 2.45) is 0 Å². The van der Waals surface area contributed by atoms with Gasteiger partial charge in [-0.25, -0.2) is 0 Å². The van der Waals surface area contributed by atoms with E-state index in [1.54, 1.807) is 0 Å². The lowest BCUT2D eigenvalue weighted by Crippen LogP contribution is -2.35. The molecular weight excluding hydrogens is 364 g/mol. The van der Waals surface area contributed by atoms with E-state index in [4.69, 9.17) is 9.47 Å². The van der Waals surface area contributed by atoms with Gasteiger partial charge in [0.15, 0.2) is 6.61 Å². The summed E-state index contributed by atoms with van der Waals surface area (Å²) in [7, 11) is 0. The third-order valence-electron chi connectivity index (χ3n) is 5.14. The normalized spacial score (nSPS) is 14.8. The van der Waals surface area contributed by atoms with Crippen LogP contribution in [0.15, 0.2) is 42.5 Å². The number of amides is 1. The molecule has 0 saturated carbocycles. The van der Waals surface area contributed by atoms with E-state index in [9.17, 15) is 4.79 Å². The molecule has 1 aliphatic rings. The van der Waals surface area contributed by atoms with Crippen molar-refractivity contribution < 1.29 is 14.3 Å². The molecule has 1 saturated heterocycles. The molecule has 0 unspecified atom stereocenters. The summed E-state index contributed by atoms with van der Waals surface area (Å²) in [6.45, 7) is 11.3. The minimum atomic E-state index is -0.111. The van der Waals surface area contributed by atoms with Gasteiger partial charge >= 0.3 is 0 Å². The van der Waals surface area contributed by atoms with Gasteiger partial charge in [-0.15, -0.1) is 0 Å². The lowest BCUT2D eigenvalue weighted by atomic mass is 10.0. The molecule has 0 bridgehead atoms. The molecule has 1 heterocycles. The molecule has 1 fully saturated rings. The Kier molecular flexibility index (Phi) is 7.67. The standard InChI is InChI=1S/C24H32N2O3/c1-18(2)22-8-7-19(3)13-23(22)29-17-24(27)25-15-20-5-4-6-21(14-20)16-26-9-11-28-12-10-26/h4-8,13-14,18H,9-12,15-17H2,1-3H3,(H,25,27). The molecule has 3 rings (SSSR count). The summed E-state index contributed by atoms with van der Waals surface area (Å²) in [5.41, 5.74) is 4.61. The summed E-state index contributed by atoms with van der Waals surface area (Å²) < 4.78 is 11.2. The Balaban J connectivity index is 1.49. The van der Waals surface area contributed by atoms with Crippen LogP contribution >= 0.6 is 0 Å². The zero-order chi connectivity index (χ0) is 20.6. The van der Waals surface area contributed by atoms with Gasteiger partial charge in [0.25, 0.3) is 5.91 Å². The molecular formula is C24H32N2O3. The van der Waals surface area contributed by atoms with E-state index in [0.717, 1.165) is 55.3 Å². The Morgan fingerprint density at radius 3 is 2.66 bits per heavy atom. The van der Waals surface area contributed by atoms with Crippen LogP contribution in [0.2, 0.25) is 0 Å². The summed E-state index contributed by atoms with van der Waals surface area (Å²) in [6, 6.07) is 14.5. The monoisotopic (exact) mass is 396 g/mol. The molecule has 0 radical (unpaired) electrons. The fourth-order valence-corrected chi connectivity index (χ4v) is 3.49. The molecule has 0 aromatic heterocycles. The Morgan fingerprint density at radius 2 is 1.90 bits per heavy atom. The molecule has 1 amide bonds. The van der Waals surface area contributed by atoms with Gasteiger partial charge in [-0.3, -0.25) is 9.69 Å². The van der Waals surface area contributed by atoms with Gasteiger partial charge in [-0.05, 0) is 41.2 Å². The minimum Gasteiger partial charge on any atom is -0.483 e.